The molecule has 1 aromatic heterocycles. The van der Waals surface area contributed by atoms with Gasteiger partial charge in [-0.3, -0.25) is 0 Å². The van der Waals surface area contributed by atoms with Crippen LogP contribution in [0.25, 0.3) is 10.1 Å². The summed E-state index contributed by atoms with van der Waals surface area (Å²) < 4.78 is 1.43. The molecule has 0 aliphatic heterocycles. The first-order chi connectivity index (χ1) is 7.33. The second-order valence-corrected chi connectivity index (χ2v) is 4.99. The smallest absolute Gasteiger partial charge is 0.0348 e. The van der Waals surface area contributed by atoms with Crippen molar-refractivity contribution >= 4 is 21.4 Å². The van der Waals surface area contributed by atoms with Crippen molar-refractivity contribution in [1.29, 1.82) is 0 Å². The quantitative estimate of drug-likeness (QED) is 0.777. The van der Waals surface area contributed by atoms with Crippen LogP contribution in [0.2, 0.25) is 0 Å². The van der Waals surface area contributed by atoms with Crippen molar-refractivity contribution in [3.8, 4) is 0 Å². The molecule has 0 aliphatic rings. The molecule has 0 amide bonds. The summed E-state index contributed by atoms with van der Waals surface area (Å²) in [4.78, 5) is 1.55. The van der Waals surface area contributed by atoms with E-state index in [4.69, 9.17) is 0 Å². The van der Waals surface area contributed by atoms with Gasteiger partial charge in [-0.2, -0.15) is 0 Å². The van der Waals surface area contributed by atoms with E-state index in [2.05, 4.69) is 36.5 Å². The van der Waals surface area contributed by atoms with Crippen molar-refractivity contribution in [2.75, 3.05) is 13.6 Å². The van der Waals surface area contributed by atoms with E-state index in [1.807, 2.05) is 18.4 Å². The highest BCUT2D eigenvalue weighted by Crippen LogP contribution is 2.31. The van der Waals surface area contributed by atoms with Crippen LogP contribution in [0.5, 0.6) is 0 Å². The van der Waals surface area contributed by atoms with Crippen molar-refractivity contribution < 1.29 is 0 Å². The number of fused-ring (bicyclic) bond motifs is 1. The van der Waals surface area contributed by atoms with Gasteiger partial charge in [0.25, 0.3) is 0 Å². The molecule has 2 aromatic rings. The molecular formula is C13H17NS. The first kappa shape index (κ1) is 10.7. The average Bonchev–Trinajstić information content (AvgIpc) is 2.57. The van der Waals surface area contributed by atoms with Crippen LogP contribution < -0.4 is 5.32 Å². The van der Waals surface area contributed by atoms with Gasteiger partial charge in [-0.15, -0.1) is 11.3 Å². The van der Waals surface area contributed by atoms with Gasteiger partial charge in [0.15, 0.2) is 0 Å². The number of thiophene rings is 1. The molecule has 0 radical (unpaired) electrons. The highest BCUT2D eigenvalue weighted by atomic mass is 32.1. The minimum Gasteiger partial charge on any atom is -0.320 e. The van der Waals surface area contributed by atoms with Gasteiger partial charge in [-0.05, 0) is 50.4 Å². The summed E-state index contributed by atoms with van der Waals surface area (Å²) in [6.45, 7) is 3.35. The van der Waals surface area contributed by atoms with Crippen molar-refractivity contribution in [2.24, 2.45) is 0 Å². The Morgan fingerprint density at radius 3 is 2.80 bits per heavy atom. The molecule has 1 nitrogen and oxygen atoms in total. The monoisotopic (exact) mass is 219 g/mol. The molecule has 1 aromatic carbocycles. The SMILES string of the molecule is CNCCCc1sc2ccccc2c1C. The zero-order valence-corrected chi connectivity index (χ0v) is 10.2. The maximum absolute atomic E-state index is 3.20. The summed E-state index contributed by atoms with van der Waals surface area (Å²) in [5, 5.41) is 4.63. The molecule has 0 unspecified atom stereocenters. The van der Waals surface area contributed by atoms with Crippen molar-refractivity contribution in [3.05, 3.63) is 34.7 Å². The van der Waals surface area contributed by atoms with Crippen LogP contribution in [-0.2, 0) is 6.42 Å². The Morgan fingerprint density at radius 2 is 2.07 bits per heavy atom. The van der Waals surface area contributed by atoms with E-state index in [0.29, 0.717) is 0 Å². The Morgan fingerprint density at radius 1 is 1.27 bits per heavy atom. The van der Waals surface area contributed by atoms with Gasteiger partial charge in [-0.25, -0.2) is 0 Å². The predicted octanol–water partition coefficient (Wildman–Crippen LogP) is 3.36. The zero-order valence-electron chi connectivity index (χ0n) is 9.34. The van der Waals surface area contributed by atoms with Gasteiger partial charge in [0.2, 0.25) is 0 Å². The number of benzene rings is 1. The topological polar surface area (TPSA) is 12.0 Å². The van der Waals surface area contributed by atoms with Crippen LogP contribution in [0.1, 0.15) is 16.9 Å². The number of hydrogen-bond donors (Lipinski definition) is 1. The number of aryl methyl sites for hydroxylation is 2. The lowest BCUT2D eigenvalue weighted by molar-refractivity contribution is 0.728. The lowest BCUT2D eigenvalue weighted by Crippen LogP contribution is -2.08. The molecular weight excluding hydrogens is 202 g/mol. The fourth-order valence-electron chi connectivity index (χ4n) is 1.89. The van der Waals surface area contributed by atoms with E-state index in [1.165, 1.54) is 28.5 Å². The van der Waals surface area contributed by atoms with Gasteiger partial charge in [0.05, 0.1) is 0 Å². The predicted molar refractivity (Wildman–Crippen MR) is 68.8 cm³/mol. The largest absolute Gasteiger partial charge is 0.320 e. The third kappa shape index (κ3) is 2.21. The summed E-state index contributed by atoms with van der Waals surface area (Å²) in [6.07, 6.45) is 2.43. The average molecular weight is 219 g/mol. The molecule has 0 atom stereocenters. The molecule has 0 spiro atoms. The summed E-state index contributed by atoms with van der Waals surface area (Å²) in [6, 6.07) is 8.69. The van der Waals surface area contributed by atoms with Gasteiger partial charge < -0.3 is 5.32 Å². The minimum atomic E-state index is 1.10. The van der Waals surface area contributed by atoms with Crippen LogP contribution in [0.3, 0.4) is 0 Å². The maximum Gasteiger partial charge on any atom is 0.0348 e. The first-order valence-electron chi connectivity index (χ1n) is 5.44. The summed E-state index contributed by atoms with van der Waals surface area (Å²) in [7, 11) is 2.01. The van der Waals surface area contributed by atoms with Crippen molar-refractivity contribution in [1.82, 2.24) is 5.32 Å². The lowest BCUT2D eigenvalue weighted by Gasteiger charge is -1.99. The third-order valence-corrected chi connectivity index (χ3v) is 4.11. The minimum absolute atomic E-state index is 1.10. The number of hydrogen-bond acceptors (Lipinski definition) is 2. The summed E-state index contributed by atoms with van der Waals surface area (Å²) >= 11 is 1.95. The standard InChI is InChI=1S/C13H17NS/c1-10-11-6-3-4-7-13(11)15-12(10)8-5-9-14-2/h3-4,6-7,14H,5,8-9H2,1-2H3. The molecule has 0 fully saturated rings. The third-order valence-electron chi connectivity index (χ3n) is 2.77. The van der Waals surface area contributed by atoms with E-state index in [-0.39, 0.29) is 0 Å². The van der Waals surface area contributed by atoms with E-state index >= 15 is 0 Å². The number of nitrogens with one attached hydrogen (secondary N) is 1. The summed E-state index contributed by atoms with van der Waals surface area (Å²) in [5.41, 5.74) is 1.48. The second kappa shape index (κ2) is 4.77. The van der Waals surface area contributed by atoms with Crippen LogP contribution in [0.15, 0.2) is 24.3 Å². The van der Waals surface area contributed by atoms with Crippen molar-refractivity contribution in [2.45, 2.75) is 19.8 Å². The van der Waals surface area contributed by atoms with E-state index in [0.717, 1.165) is 6.54 Å². The highest BCUT2D eigenvalue weighted by Gasteiger charge is 2.06. The fraction of sp³-hybridized carbons (Fsp3) is 0.385. The molecule has 2 heteroatoms. The Labute approximate surface area is 95.1 Å². The van der Waals surface area contributed by atoms with E-state index in [1.54, 1.807) is 4.88 Å². The molecule has 0 bridgehead atoms. The van der Waals surface area contributed by atoms with Gasteiger partial charge in [0, 0.05) is 9.58 Å². The Bertz CT molecular complexity index is 445. The normalized spacial score (nSPS) is 11.1. The Hall–Kier alpha value is -0.860. The zero-order chi connectivity index (χ0) is 10.7. The fourth-order valence-corrected chi connectivity index (χ4v) is 3.14. The molecule has 80 valence electrons. The van der Waals surface area contributed by atoms with Gasteiger partial charge in [-0.1, -0.05) is 18.2 Å². The van der Waals surface area contributed by atoms with Crippen LogP contribution >= 0.6 is 11.3 Å². The summed E-state index contributed by atoms with van der Waals surface area (Å²) in [5.74, 6) is 0. The molecule has 0 saturated heterocycles. The van der Waals surface area contributed by atoms with Crippen LogP contribution in [0, 0.1) is 6.92 Å². The Balaban J connectivity index is 2.24. The molecule has 2 rings (SSSR count). The highest BCUT2D eigenvalue weighted by molar-refractivity contribution is 7.19. The van der Waals surface area contributed by atoms with E-state index < -0.39 is 0 Å². The molecule has 15 heavy (non-hydrogen) atoms. The van der Waals surface area contributed by atoms with Crippen LogP contribution in [-0.4, -0.2) is 13.6 Å². The van der Waals surface area contributed by atoms with Crippen LogP contribution in [0.4, 0.5) is 0 Å². The lowest BCUT2D eigenvalue weighted by atomic mass is 10.1. The van der Waals surface area contributed by atoms with E-state index in [9.17, 15) is 0 Å². The molecule has 0 aliphatic carbocycles. The second-order valence-electron chi connectivity index (χ2n) is 3.85. The molecule has 1 heterocycles. The van der Waals surface area contributed by atoms with Gasteiger partial charge in [0.1, 0.15) is 0 Å². The maximum atomic E-state index is 3.20. The number of rotatable bonds is 4. The Kier molecular flexibility index (Phi) is 3.39. The van der Waals surface area contributed by atoms with Gasteiger partial charge >= 0.3 is 0 Å². The molecule has 1 N–H and O–H groups in total. The molecule has 0 saturated carbocycles. The van der Waals surface area contributed by atoms with Crippen molar-refractivity contribution in [3.63, 3.8) is 0 Å². The first-order valence-corrected chi connectivity index (χ1v) is 6.26.